The normalized spacial score (nSPS) is 31.1. The molecule has 2 rings (SSSR count). The van der Waals surface area contributed by atoms with Crippen molar-refractivity contribution in [1.82, 2.24) is 0 Å². The Morgan fingerprint density at radius 2 is 1.60 bits per heavy atom. The molecule has 5 heteroatoms. The van der Waals surface area contributed by atoms with Crippen LogP contribution in [0, 0.1) is 0 Å². The molecule has 0 aromatic rings. The van der Waals surface area contributed by atoms with Crippen molar-refractivity contribution in [2.24, 2.45) is 5.73 Å². The van der Waals surface area contributed by atoms with Crippen molar-refractivity contribution in [3.05, 3.63) is 0 Å². The van der Waals surface area contributed by atoms with E-state index in [4.69, 9.17) is 5.73 Å². The fourth-order valence-electron chi connectivity index (χ4n) is 2.04. The van der Waals surface area contributed by atoms with E-state index < -0.39 is 15.5 Å². The summed E-state index contributed by atoms with van der Waals surface area (Å²) < 4.78 is 36.5. The smallest absolute Gasteiger partial charge is 0.150 e. The van der Waals surface area contributed by atoms with Gasteiger partial charge in [0.05, 0.1) is 11.5 Å². The summed E-state index contributed by atoms with van der Waals surface area (Å²) in [5, 5.41) is 0. The van der Waals surface area contributed by atoms with Crippen LogP contribution in [0.3, 0.4) is 0 Å². The predicted octanol–water partition coefficient (Wildman–Crippen LogP) is 1.17. The van der Waals surface area contributed by atoms with Gasteiger partial charge in [0, 0.05) is 5.54 Å². The second kappa shape index (κ2) is 3.42. The molecule has 1 saturated heterocycles. The quantitative estimate of drug-likeness (QED) is 0.799. The molecule has 1 saturated carbocycles. The van der Waals surface area contributed by atoms with Gasteiger partial charge in [0.1, 0.15) is 5.67 Å². The molecule has 0 bridgehead atoms. The van der Waals surface area contributed by atoms with E-state index in [9.17, 15) is 12.8 Å². The van der Waals surface area contributed by atoms with Crippen LogP contribution in [0.4, 0.5) is 4.39 Å². The van der Waals surface area contributed by atoms with Crippen molar-refractivity contribution in [2.75, 3.05) is 11.5 Å². The molecule has 1 aliphatic heterocycles. The Morgan fingerprint density at radius 3 is 2.07 bits per heavy atom. The van der Waals surface area contributed by atoms with Crippen LogP contribution in [-0.4, -0.2) is 31.1 Å². The number of hydrogen-bond acceptors (Lipinski definition) is 3. The minimum atomic E-state index is -2.96. The maximum atomic E-state index is 14.2. The van der Waals surface area contributed by atoms with Crippen molar-refractivity contribution in [3.8, 4) is 0 Å². The third kappa shape index (κ3) is 2.91. The summed E-state index contributed by atoms with van der Waals surface area (Å²) in [4.78, 5) is 0. The average Bonchev–Trinajstić information content (AvgIpc) is 2.89. The Labute approximate surface area is 90.1 Å². The van der Waals surface area contributed by atoms with Gasteiger partial charge in [-0.2, -0.15) is 0 Å². The van der Waals surface area contributed by atoms with Gasteiger partial charge in [-0.05, 0) is 38.5 Å². The first-order valence-electron chi connectivity index (χ1n) is 5.51. The lowest BCUT2D eigenvalue weighted by atomic mass is 9.91. The van der Waals surface area contributed by atoms with Gasteiger partial charge in [-0.3, -0.25) is 0 Å². The summed E-state index contributed by atoms with van der Waals surface area (Å²) in [5.74, 6) is 0.00213. The first-order chi connectivity index (χ1) is 6.83. The lowest BCUT2D eigenvalue weighted by Crippen LogP contribution is -2.37. The topological polar surface area (TPSA) is 60.2 Å². The van der Waals surface area contributed by atoms with Gasteiger partial charge in [0.25, 0.3) is 0 Å². The Morgan fingerprint density at radius 1 is 1.07 bits per heavy atom. The Hall–Kier alpha value is -0.160. The molecule has 88 valence electrons. The van der Waals surface area contributed by atoms with Gasteiger partial charge < -0.3 is 5.73 Å². The van der Waals surface area contributed by atoms with Crippen LogP contribution in [0.25, 0.3) is 0 Å². The summed E-state index contributed by atoms with van der Waals surface area (Å²) >= 11 is 0. The Kier molecular flexibility index (Phi) is 2.58. The van der Waals surface area contributed by atoms with E-state index in [1.165, 1.54) is 0 Å². The molecule has 0 aromatic carbocycles. The standard InChI is InChI=1S/C10H18FNO2S/c11-9(1-2-10(12)3-4-10)5-7-15(13,14)8-6-9/h1-8,12H2. The zero-order chi connectivity index (χ0) is 11.2. The highest BCUT2D eigenvalue weighted by atomic mass is 32.2. The van der Waals surface area contributed by atoms with Crippen molar-refractivity contribution in [3.63, 3.8) is 0 Å². The maximum absolute atomic E-state index is 14.2. The van der Waals surface area contributed by atoms with Gasteiger partial charge in [-0.15, -0.1) is 0 Å². The van der Waals surface area contributed by atoms with Crippen molar-refractivity contribution >= 4 is 9.84 Å². The highest BCUT2D eigenvalue weighted by Gasteiger charge is 2.43. The minimum Gasteiger partial charge on any atom is -0.325 e. The summed E-state index contributed by atoms with van der Waals surface area (Å²) in [7, 11) is -2.96. The zero-order valence-corrected chi connectivity index (χ0v) is 9.65. The van der Waals surface area contributed by atoms with Crippen LogP contribution in [0.5, 0.6) is 0 Å². The largest absolute Gasteiger partial charge is 0.325 e. The second-order valence-electron chi connectivity index (χ2n) is 5.17. The Balaban J connectivity index is 1.86. The van der Waals surface area contributed by atoms with E-state index in [1.807, 2.05) is 0 Å². The van der Waals surface area contributed by atoms with Gasteiger partial charge in [-0.25, -0.2) is 12.8 Å². The van der Waals surface area contributed by atoms with Crippen LogP contribution in [-0.2, 0) is 9.84 Å². The zero-order valence-electron chi connectivity index (χ0n) is 8.84. The fraction of sp³-hybridized carbons (Fsp3) is 1.00. The summed E-state index contributed by atoms with van der Waals surface area (Å²) in [6.07, 6.45) is 3.42. The summed E-state index contributed by atoms with van der Waals surface area (Å²) in [5.41, 5.74) is 4.48. The van der Waals surface area contributed by atoms with Crippen LogP contribution in [0.2, 0.25) is 0 Å². The molecule has 0 aromatic heterocycles. The molecule has 15 heavy (non-hydrogen) atoms. The third-order valence-corrected chi connectivity index (χ3v) is 5.34. The predicted molar refractivity (Wildman–Crippen MR) is 57.1 cm³/mol. The van der Waals surface area contributed by atoms with Gasteiger partial charge >= 0.3 is 0 Å². The number of halogens is 1. The molecular weight excluding hydrogens is 217 g/mol. The third-order valence-electron chi connectivity index (χ3n) is 3.69. The lowest BCUT2D eigenvalue weighted by molar-refractivity contribution is 0.127. The van der Waals surface area contributed by atoms with Crippen LogP contribution < -0.4 is 5.73 Å². The van der Waals surface area contributed by atoms with Crippen LogP contribution >= 0.6 is 0 Å². The van der Waals surface area contributed by atoms with Gasteiger partial charge in [0.2, 0.25) is 0 Å². The van der Waals surface area contributed by atoms with E-state index in [0.29, 0.717) is 12.8 Å². The average molecular weight is 235 g/mol. The first-order valence-corrected chi connectivity index (χ1v) is 7.33. The SMILES string of the molecule is NC1(CCC2(F)CCS(=O)(=O)CC2)CC1. The molecule has 2 aliphatic rings. The van der Waals surface area contributed by atoms with E-state index in [1.54, 1.807) is 0 Å². The summed E-state index contributed by atoms with van der Waals surface area (Å²) in [6.45, 7) is 0. The highest BCUT2D eigenvalue weighted by Crippen LogP contribution is 2.41. The number of sulfone groups is 1. The second-order valence-corrected chi connectivity index (χ2v) is 7.47. The molecule has 3 nitrogen and oxygen atoms in total. The number of hydrogen-bond donors (Lipinski definition) is 1. The van der Waals surface area contributed by atoms with Crippen LogP contribution in [0.1, 0.15) is 38.5 Å². The number of nitrogens with two attached hydrogens (primary N) is 1. The van der Waals surface area contributed by atoms with E-state index >= 15 is 0 Å². The first kappa shape index (κ1) is 11.3. The number of rotatable bonds is 3. The Bertz CT molecular complexity index is 334. The van der Waals surface area contributed by atoms with Crippen molar-refractivity contribution in [2.45, 2.75) is 49.7 Å². The maximum Gasteiger partial charge on any atom is 0.150 e. The van der Waals surface area contributed by atoms with E-state index in [-0.39, 0.29) is 29.9 Å². The highest BCUT2D eigenvalue weighted by molar-refractivity contribution is 7.91. The summed E-state index contributed by atoms with van der Waals surface area (Å²) in [6, 6.07) is 0. The molecule has 1 heterocycles. The van der Waals surface area contributed by atoms with Crippen molar-refractivity contribution < 1.29 is 12.8 Å². The lowest BCUT2D eigenvalue weighted by Gasteiger charge is -2.30. The fourth-order valence-corrected chi connectivity index (χ4v) is 3.60. The van der Waals surface area contributed by atoms with Gasteiger partial charge in [0.15, 0.2) is 9.84 Å². The van der Waals surface area contributed by atoms with E-state index in [0.717, 1.165) is 12.8 Å². The molecule has 0 unspecified atom stereocenters. The molecule has 2 N–H and O–H groups in total. The number of alkyl halides is 1. The molecule has 2 fully saturated rings. The van der Waals surface area contributed by atoms with Crippen LogP contribution in [0.15, 0.2) is 0 Å². The molecule has 0 amide bonds. The molecule has 0 radical (unpaired) electrons. The minimum absolute atomic E-state index is 0.00106. The molecule has 0 atom stereocenters. The van der Waals surface area contributed by atoms with Gasteiger partial charge in [-0.1, -0.05) is 0 Å². The van der Waals surface area contributed by atoms with E-state index in [2.05, 4.69) is 0 Å². The van der Waals surface area contributed by atoms with Crippen molar-refractivity contribution in [1.29, 1.82) is 0 Å². The molecule has 0 spiro atoms. The molecule has 1 aliphatic carbocycles. The monoisotopic (exact) mass is 235 g/mol. The molecular formula is C10H18FNO2S.